The Labute approximate surface area is 283 Å². The van der Waals surface area contributed by atoms with Crippen molar-refractivity contribution in [2.24, 2.45) is 11.8 Å². The molecule has 5 heterocycles. The molecule has 246 valence electrons. The largest absolute Gasteiger partial charge is 0.496 e. The Kier molecular flexibility index (Phi) is 9.55. The number of hydrogen-bond acceptors (Lipinski definition) is 6. The molecule has 2 unspecified atom stereocenters. The number of nitrogens with zero attached hydrogens (tertiary/aromatic N) is 3. The summed E-state index contributed by atoms with van der Waals surface area (Å²) in [7, 11) is 1.67. The van der Waals surface area contributed by atoms with Crippen molar-refractivity contribution in [3.63, 3.8) is 0 Å². The van der Waals surface area contributed by atoms with E-state index < -0.39 is 6.10 Å². The fourth-order valence-electron chi connectivity index (χ4n) is 7.93. The highest BCUT2D eigenvalue weighted by atomic mass is 16.5. The minimum atomic E-state index is -0.683. The number of hydrogen-bond donors (Lipinski definition) is 1. The van der Waals surface area contributed by atoms with Crippen LogP contribution in [0.4, 0.5) is 0 Å². The maximum atomic E-state index is 12.2. The van der Waals surface area contributed by atoms with E-state index >= 15 is 0 Å². The first-order chi connectivity index (χ1) is 23.6. The minimum Gasteiger partial charge on any atom is -0.496 e. The predicted octanol–water partition coefficient (Wildman–Crippen LogP) is 8.36. The molecule has 3 fully saturated rings. The van der Waals surface area contributed by atoms with Crippen LogP contribution in [0.25, 0.3) is 27.9 Å². The van der Waals surface area contributed by atoms with Crippen molar-refractivity contribution in [2.75, 3.05) is 26.8 Å². The quantitative estimate of drug-likeness (QED) is 0.103. The number of aromatic nitrogens is 2. The average Bonchev–Trinajstić information content (AvgIpc) is 3.14. The topological polar surface area (TPSA) is 67.7 Å². The van der Waals surface area contributed by atoms with Crippen molar-refractivity contribution in [2.45, 2.75) is 50.7 Å². The van der Waals surface area contributed by atoms with Gasteiger partial charge in [0.2, 0.25) is 5.88 Å². The van der Waals surface area contributed by atoms with E-state index in [1.165, 1.54) is 5.56 Å². The fraction of sp³-hybridized carbons (Fsp3) is 0.333. The van der Waals surface area contributed by atoms with Crippen LogP contribution in [0, 0.1) is 11.8 Å². The van der Waals surface area contributed by atoms with Gasteiger partial charge in [0.25, 0.3) is 0 Å². The number of ether oxygens (including phenoxy) is 2. The van der Waals surface area contributed by atoms with E-state index in [0.29, 0.717) is 30.7 Å². The lowest BCUT2D eigenvalue weighted by Crippen LogP contribution is -2.54. The van der Waals surface area contributed by atoms with Gasteiger partial charge in [0, 0.05) is 47.1 Å². The standard InChI is InChI=1S/C42H45N3O3/c1-4-29-27-45-21-20-30(29)24-38(45)42(46)35-26-32(43-37-18-19-39(47-3)33(5-2)41(35)37)23-31-25-40(44-36-17-10-9-16-34(31)36)48-22-12-11-15-28-13-7-6-8-14-28/h4-10,13-14,16-19,25-26,29-30,38,42,46H,1-2,11-12,15,20-24,27H2,3H3/t29-,30?,38-,42+/m0/s1. The lowest BCUT2D eigenvalue weighted by molar-refractivity contribution is -0.0445. The zero-order valence-electron chi connectivity index (χ0n) is 27.9. The lowest BCUT2D eigenvalue weighted by atomic mass is 9.73. The first-order valence-electron chi connectivity index (χ1n) is 17.3. The number of para-hydroxylation sites is 1. The van der Waals surface area contributed by atoms with Crippen LogP contribution >= 0.6 is 0 Å². The molecule has 3 aliphatic rings. The van der Waals surface area contributed by atoms with Crippen LogP contribution < -0.4 is 9.47 Å². The summed E-state index contributed by atoms with van der Waals surface area (Å²) in [5, 5.41) is 14.2. The van der Waals surface area contributed by atoms with Crippen LogP contribution in [-0.2, 0) is 12.8 Å². The molecule has 3 aliphatic heterocycles. The van der Waals surface area contributed by atoms with Gasteiger partial charge in [0.15, 0.2) is 0 Å². The van der Waals surface area contributed by atoms with E-state index in [4.69, 9.17) is 19.4 Å². The van der Waals surface area contributed by atoms with Crippen LogP contribution in [0.3, 0.4) is 0 Å². The number of methoxy groups -OCH3 is 1. The highest BCUT2D eigenvalue weighted by Gasteiger charge is 2.42. The maximum absolute atomic E-state index is 12.2. The fourth-order valence-corrected chi connectivity index (χ4v) is 7.93. The van der Waals surface area contributed by atoms with Crippen LogP contribution in [0.1, 0.15) is 59.7 Å². The second-order valence-corrected chi connectivity index (χ2v) is 13.3. The molecule has 2 aromatic heterocycles. The Balaban J connectivity index is 1.20. The summed E-state index contributed by atoms with van der Waals surface area (Å²) in [6.07, 6.45) is 8.96. The predicted molar refractivity (Wildman–Crippen MR) is 195 cm³/mol. The highest BCUT2D eigenvalue weighted by Crippen LogP contribution is 2.43. The number of aliphatic hydroxyl groups excluding tert-OH is 1. The lowest BCUT2D eigenvalue weighted by Gasteiger charge is -2.50. The van der Waals surface area contributed by atoms with Gasteiger partial charge in [-0.1, -0.05) is 67.3 Å². The number of fused-ring (bicyclic) bond motifs is 5. The molecule has 3 aromatic carbocycles. The monoisotopic (exact) mass is 639 g/mol. The number of piperidine rings is 3. The zero-order valence-corrected chi connectivity index (χ0v) is 27.9. The SMILES string of the molecule is C=Cc1c(OC)ccc2nc(Cc3cc(OCCCCc4ccccc4)nc4ccccc34)cc([C@@H](O)[C@@H]3CC4CCN3C[C@@H]4C=C)c12. The van der Waals surface area contributed by atoms with Gasteiger partial charge in [-0.05, 0) is 91.4 Å². The van der Waals surface area contributed by atoms with Crippen molar-refractivity contribution < 1.29 is 14.6 Å². The normalized spacial score (nSPS) is 20.9. The number of rotatable bonds is 13. The molecule has 0 spiro atoms. The van der Waals surface area contributed by atoms with Crippen LogP contribution in [0.2, 0.25) is 0 Å². The molecule has 48 heavy (non-hydrogen) atoms. The maximum Gasteiger partial charge on any atom is 0.214 e. The first kappa shape index (κ1) is 32.0. The van der Waals surface area contributed by atoms with Gasteiger partial charge in [-0.25, -0.2) is 4.98 Å². The summed E-state index contributed by atoms with van der Waals surface area (Å²) >= 11 is 0. The Morgan fingerprint density at radius 1 is 0.979 bits per heavy atom. The van der Waals surface area contributed by atoms with E-state index in [1.54, 1.807) is 7.11 Å². The molecule has 5 atom stereocenters. The number of benzene rings is 3. The van der Waals surface area contributed by atoms with Gasteiger partial charge in [-0.15, -0.1) is 6.58 Å². The van der Waals surface area contributed by atoms with Crippen molar-refractivity contribution in [3.05, 3.63) is 126 Å². The van der Waals surface area contributed by atoms with Crippen molar-refractivity contribution in [1.29, 1.82) is 0 Å². The molecule has 0 saturated carbocycles. The average molecular weight is 640 g/mol. The molecule has 1 N–H and O–H groups in total. The van der Waals surface area contributed by atoms with Crippen LogP contribution in [-0.4, -0.2) is 52.8 Å². The van der Waals surface area contributed by atoms with Gasteiger partial charge in [0.05, 0.1) is 30.9 Å². The van der Waals surface area contributed by atoms with E-state index in [0.717, 1.165) is 95.1 Å². The molecule has 0 aliphatic carbocycles. The third kappa shape index (κ3) is 6.47. The molecule has 3 saturated heterocycles. The summed E-state index contributed by atoms with van der Waals surface area (Å²) in [5.41, 5.74) is 6.80. The molecule has 8 rings (SSSR count). The molecule has 0 amide bonds. The zero-order chi connectivity index (χ0) is 33.0. The number of pyridine rings is 2. The summed E-state index contributed by atoms with van der Waals surface area (Å²) in [6.45, 7) is 10.8. The number of unbranched alkanes of at least 4 members (excludes halogenated alkanes) is 1. The van der Waals surface area contributed by atoms with Crippen molar-refractivity contribution in [3.8, 4) is 11.6 Å². The van der Waals surface area contributed by atoms with Crippen LogP contribution in [0.5, 0.6) is 11.6 Å². The molecule has 6 nitrogen and oxygen atoms in total. The van der Waals surface area contributed by atoms with E-state index in [2.05, 4.69) is 72.7 Å². The summed E-state index contributed by atoms with van der Waals surface area (Å²) < 4.78 is 12.0. The Morgan fingerprint density at radius 3 is 2.58 bits per heavy atom. The molecule has 2 bridgehead atoms. The number of aryl methyl sites for hydroxylation is 1. The first-order valence-corrected chi connectivity index (χ1v) is 17.3. The van der Waals surface area contributed by atoms with E-state index in [9.17, 15) is 5.11 Å². The van der Waals surface area contributed by atoms with Gasteiger partial charge in [-0.2, -0.15) is 0 Å². The van der Waals surface area contributed by atoms with Gasteiger partial charge in [0.1, 0.15) is 5.75 Å². The van der Waals surface area contributed by atoms with Gasteiger partial charge in [-0.3, -0.25) is 9.88 Å². The van der Waals surface area contributed by atoms with E-state index in [1.807, 2.05) is 36.4 Å². The molecule has 5 aromatic rings. The third-order valence-corrected chi connectivity index (χ3v) is 10.4. The Morgan fingerprint density at radius 2 is 1.81 bits per heavy atom. The minimum absolute atomic E-state index is 0.0333. The Bertz CT molecular complexity index is 1920. The summed E-state index contributed by atoms with van der Waals surface area (Å²) in [6, 6.07) is 26.9. The smallest absolute Gasteiger partial charge is 0.214 e. The summed E-state index contributed by atoms with van der Waals surface area (Å²) in [5.74, 6) is 2.39. The van der Waals surface area contributed by atoms with Gasteiger partial charge >= 0.3 is 0 Å². The molecular weight excluding hydrogens is 594 g/mol. The summed E-state index contributed by atoms with van der Waals surface area (Å²) in [4.78, 5) is 12.5. The van der Waals surface area contributed by atoms with Crippen LogP contribution in [0.15, 0.2) is 98.1 Å². The molecular formula is C42H45N3O3. The molecule has 6 heteroatoms. The van der Waals surface area contributed by atoms with E-state index in [-0.39, 0.29) is 6.04 Å². The van der Waals surface area contributed by atoms with Gasteiger partial charge < -0.3 is 14.6 Å². The Hall–Kier alpha value is -4.52. The second-order valence-electron chi connectivity index (χ2n) is 13.3. The van der Waals surface area contributed by atoms with Crippen molar-refractivity contribution in [1.82, 2.24) is 14.9 Å². The highest BCUT2D eigenvalue weighted by molar-refractivity contribution is 5.94. The molecule has 0 radical (unpaired) electrons. The second kappa shape index (κ2) is 14.3. The third-order valence-electron chi connectivity index (χ3n) is 10.4. The number of aliphatic hydroxyl groups is 1. The van der Waals surface area contributed by atoms with Crippen molar-refractivity contribution >= 4 is 27.9 Å².